The fraction of sp³-hybridized carbons (Fsp3) is 0.333. The van der Waals surface area contributed by atoms with E-state index in [-0.39, 0.29) is 6.04 Å². The van der Waals surface area contributed by atoms with E-state index >= 15 is 0 Å². The predicted octanol–water partition coefficient (Wildman–Crippen LogP) is 3.95. The average Bonchev–Trinajstić information content (AvgIpc) is 2.41. The van der Waals surface area contributed by atoms with Gasteiger partial charge in [0.25, 0.3) is 0 Å². The van der Waals surface area contributed by atoms with E-state index in [2.05, 4.69) is 37.4 Å². The van der Waals surface area contributed by atoms with Gasteiger partial charge in [-0.3, -0.25) is 0 Å². The van der Waals surface area contributed by atoms with Crippen LogP contribution < -0.4 is 5.32 Å². The second-order valence-corrected chi connectivity index (χ2v) is 5.60. The maximum Gasteiger partial charge on any atom is 0.126 e. The SMILES string of the molecule is CNC(Cc1cc(F)cc(F)c1)Cc1cc(C)ccc1C. The molecule has 1 N–H and O–H groups in total. The highest BCUT2D eigenvalue weighted by atomic mass is 19.1. The largest absolute Gasteiger partial charge is 0.316 e. The van der Waals surface area contributed by atoms with Gasteiger partial charge in [0.15, 0.2) is 0 Å². The normalized spacial score (nSPS) is 12.4. The fourth-order valence-corrected chi connectivity index (χ4v) is 2.58. The van der Waals surface area contributed by atoms with Gasteiger partial charge in [-0.15, -0.1) is 0 Å². The lowest BCUT2D eigenvalue weighted by Gasteiger charge is -2.18. The van der Waals surface area contributed by atoms with E-state index < -0.39 is 11.6 Å². The Bertz CT molecular complexity index is 602. The van der Waals surface area contributed by atoms with Crippen LogP contribution in [0.2, 0.25) is 0 Å². The summed E-state index contributed by atoms with van der Waals surface area (Å²) in [6.45, 7) is 4.16. The lowest BCUT2D eigenvalue weighted by molar-refractivity contribution is 0.542. The molecule has 1 unspecified atom stereocenters. The first-order valence-electron chi connectivity index (χ1n) is 7.16. The van der Waals surface area contributed by atoms with Gasteiger partial charge in [-0.2, -0.15) is 0 Å². The predicted molar refractivity (Wildman–Crippen MR) is 82.5 cm³/mol. The summed E-state index contributed by atoms with van der Waals surface area (Å²) in [5, 5.41) is 3.24. The standard InChI is InChI=1S/C18H21F2N/c1-12-4-5-13(2)15(6-12)10-18(21-3)9-14-7-16(19)11-17(20)8-14/h4-8,11,18,21H,9-10H2,1-3H3. The van der Waals surface area contributed by atoms with Crippen LogP contribution in [0.3, 0.4) is 0 Å². The Labute approximate surface area is 125 Å². The zero-order chi connectivity index (χ0) is 15.4. The third-order valence-electron chi connectivity index (χ3n) is 3.78. The molecule has 0 radical (unpaired) electrons. The zero-order valence-electron chi connectivity index (χ0n) is 12.7. The summed E-state index contributed by atoms with van der Waals surface area (Å²) in [6.07, 6.45) is 1.43. The molecule has 0 aromatic heterocycles. The Hall–Kier alpha value is -1.74. The lowest BCUT2D eigenvalue weighted by Crippen LogP contribution is -2.30. The summed E-state index contributed by atoms with van der Waals surface area (Å²) >= 11 is 0. The van der Waals surface area contributed by atoms with Crippen molar-refractivity contribution in [1.82, 2.24) is 5.32 Å². The molecular formula is C18H21F2N. The number of aryl methyl sites for hydroxylation is 2. The van der Waals surface area contributed by atoms with Gasteiger partial charge in [0.2, 0.25) is 0 Å². The molecule has 0 aliphatic carbocycles. The molecule has 2 rings (SSSR count). The van der Waals surface area contributed by atoms with Crippen molar-refractivity contribution in [3.8, 4) is 0 Å². The third-order valence-corrected chi connectivity index (χ3v) is 3.78. The van der Waals surface area contributed by atoms with E-state index in [0.717, 1.165) is 12.5 Å². The topological polar surface area (TPSA) is 12.0 Å². The van der Waals surface area contributed by atoms with E-state index in [1.165, 1.54) is 28.8 Å². The van der Waals surface area contributed by atoms with Crippen LogP contribution in [0.4, 0.5) is 8.78 Å². The summed E-state index contributed by atoms with van der Waals surface area (Å²) in [4.78, 5) is 0. The minimum atomic E-state index is -0.522. The third kappa shape index (κ3) is 4.36. The van der Waals surface area contributed by atoms with Crippen molar-refractivity contribution >= 4 is 0 Å². The molecule has 21 heavy (non-hydrogen) atoms. The fourth-order valence-electron chi connectivity index (χ4n) is 2.58. The van der Waals surface area contributed by atoms with Crippen molar-refractivity contribution in [2.45, 2.75) is 32.7 Å². The Kier molecular flexibility index (Phi) is 5.07. The van der Waals surface area contributed by atoms with Crippen LogP contribution in [0.15, 0.2) is 36.4 Å². The Morgan fingerprint density at radius 3 is 2.24 bits per heavy atom. The van der Waals surface area contributed by atoms with Gasteiger partial charge in [0, 0.05) is 12.1 Å². The van der Waals surface area contributed by atoms with Gasteiger partial charge in [-0.25, -0.2) is 8.78 Å². The van der Waals surface area contributed by atoms with E-state index in [0.29, 0.717) is 12.0 Å². The van der Waals surface area contributed by atoms with Gasteiger partial charge in [-0.05, 0) is 62.6 Å². The Morgan fingerprint density at radius 2 is 1.62 bits per heavy atom. The van der Waals surface area contributed by atoms with Crippen LogP contribution >= 0.6 is 0 Å². The summed E-state index contributed by atoms with van der Waals surface area (Å²) in [5.41, 5.74) is 4.41. The lowest BCUT2D eigenvalue weighted by atomic mass is 9.95. The molecular weight excluding hydrogens is 268 g/mol. The van der Waals surface area contributed by atoms with Gasteiger partial charge < -0.3 is 5.32 Å². The van der Waals surface area contributed by atoms with E-state index in [1.54, 1.807) is 0 Å². The Morgan fingerprint density at radius 1 is 0.952 bits per heavy atom. The first kappa shape index (κ1) is 15.6. The second kappa shape index (κ2) is 6.81. The molecule has 0 heterocycles. The molecule has 1 nitrogen and oxygen atoms in total. The van der Waals surface area contributed by atoms with Crippen LogP contribution in [-0.4, -0.2) is 13.1 Å². The van der Waals surface area contributed by atoms with Crippen molar-refractivity contribution in [2.24, 2.45) is 0 Å². The maximum atomic E-state index is 13.3. The molecule has 0 saturated heterocycles. The zero-order valence-corrected chi connectivity index (χ0v) is 12.7. The molecule has 0 saturated carbocycles. The quantitative estimate of drug-likeness (QED) is 0.878. The van der Waals surface area contributed by atoms with Gasteiger partial charge in [-0.1, -0.05) is 23.8 Å². The van der Waals surface area contributed by atoms with Gasteiger partial charge in [0.1, 0.15) is 11.6 Å². The molecule has 112 valence electrons. The minimum Gasteiger partial charge on any atom is -0.316 e. The maximum absolute atomic E-state index is 13.3. The molecule has 3 heteroatoms. The van der Waals surface area contributed by atoms with Crippen molar-refractivity contribution in [2.75, 3.05) is 7.05 Å². The summed E-state index contributed by atoms with van der Waals surface area (Å²) in [6, 6.07) is 10.2. The molecule has 0 spiro atoms. The number of halogens is 2. The Balaban J connectivity index is 2.14. The highest BCUT2D eigenvalue weighted by Crippen LogP contribution is 2.16. The van der Waals surface area contributed by atoms with Crippen molar-refractivity contribution < 1.29 is 8.78 Å². The smallest absolute Gasteiger partial charge is 0.126 e. The summed E-state index contributed by atoms with van der Waals surface area (Å²) < 4.78 is 26.5. The van der Waals surface area contributed by atoms with E-state index in [9.17, 15) is 8.78 Å². The molecule has 0 amide bonds. The minimum absolute atomic E-state index is 0.145. The van der Waals surface area contributed by atoms with Crippen LogP contribution in [0.25, 0.3) is 0 Å². The van der Waals surface area contributed by atoms with Crippen LogP contribution in [0.1, 0.15) is 22.3 Å². The summed E-state index contributed by atoms with van der Waals surface area (Å²) in [7, 11) is 1.88. The number of likely N-dealkylation sites (N-methyl/N-ethyl adjacent to an activating group) is 1. The van der Waals surface area contributed by atoms with Crippen LogP contribution in [0, 0.1) is 25.5 Å². The van der Waals surface area contributed by atoms with Gasteiger partial charge >= 0.3 is 0 Å². The molecule has 0 aliphatic heterocycles. The molecule has 2 aromatic rings. The van der Waals surface area contributed by atoms with Crippen molar-refractivity contribution in [3.05, 3.63) is 70.3 Å². The molecule has 1 atom stereocenters. The monoisotopic (exact) mass is 289 g/mol. The van der Waals surface area contributed by atoms with Crippen LogP contribution in [-0.2, 0) is 12.8 Å². The highest BCUT2D eigenvalue weighted by Gasteiger charge is 2.12. The number of hydrogen-bond acceptors (Lipinski definition) is 1. The van der Waals surface area contributed by atoms with Crippen molar-refractivity contribution in [3.63, 3.8) is 0 Å². The molecule has 0 aliphatic rings. The van der Waals surface area contributed by atoms with E-state index in [1.807, 2.05) is 7.05 Å². The molecule has 0 fully saturated rings. The molecule has 0 bridgehead atoms. The number of nitrogens with one attached hydrogen (secondary N) is 1. The number of rotatable bonds is 5. The average molecular weight is 289 g/mol. The summed E-state index contributed by atoms with van der Waals surface area (Å²) in [5.74, 6) is -1.04. The first-order chi connectivity index (χ1) is 9.97. The highest BCUT2D eigenvalue weighted by molar-refractivity contribution is 5.31. The molecule has 2 aromatic carbocycles. The van der Waals surface area contributed by atoms with Gasteiger partial charge in [0.05, 0.1) is 0 Å². The number of benzene rings is 2. The second-order valence-electron chi connectivity index (χ2n) is 5.60. The first-order valence-corrected chi connectivity index (χ1v) is 7.16. The van der Waals surface area contributed by atoms with E-state index in [4.69, 9.17) is 0 Å². The number of hydrogen-bond donors (Lipinski definition) is 1. The van der Waals surface area contributed by atoms with Crippen molar-refractivity contribution in [1.29, 1.82) is 0 Å². The van der Waals surface area contributed by atoms with Crippen LogP contribution in [0.5, 0.6) is 0 Å².